The van der Waals surface area contributed by atoms with Crippen LogP contribution < -0.4 is 5.32 Å². The lowest BCUT2D eigenvalue weighted by molar-refractivity contribution is -0.139. The largest absolute Gasteiger partial charge is 0.354 e. The van der Waals surface area contributed by atoms with Crippen molar-refractivity contribution >= 4 is 11.8 Å². The Balaban J connectivity index is 2.44. The molecule has 1 N–H and O–H groups in total. The molecule has 1 heterocycles. The number of nitrogens with one attached hydrogen (secondary N) is 1. The van der Waals surface area contributed by atoms with Gasteiger partial charge in [-0.25, -0.2) is 0 Å². The highest BCUT2D eigenvalue weighted by atomic mass is 16.2. The van der Waals surface area contributed by atoms with Gasteiger partial charge in [-0.1, -0.05) is 47.0 Å². The second-order valence-electron chi connectivity index (χ2n) is 7.33. The third-order valence-electron chi connectivity index (χ3n) is 4.80. The van der Waals surface area contributed by atoms with Gasteiger partial charge in [-0.05, 0) is 37.5 Å². The molecule has 1 saturated heterocycles. The summed E-state index contributed by atoms with van der Waals surface area (Å²) < 4.78 is 0. The number of nitrogens with zero attached hydrogens (tertiary/aromatic N) is 1. The minimum absolute atomic E-state index is 0.0293. The van der Waals surface area contributed by atoms with Gasteiger partial charge in [0.05, 0.1) is 0 Å². The van der Waals surface area contributed by atoms with E-state index in [-0.39, 0.29) is 17.9 Å². The Morgan fingerprint density at radius 3 is 2.57 bits per heavy atom. The van der Waals surface area contributed by atoms with E-state index in [1.807, 2.05) is 11.8 Å². The van der Waals surface area contributed by atoms with E-state index in [2.05, 4.69) is 26.1 Å². The van der Waals surface area contributed by atoms with Crippen LogP contribution in [0.2, 0.25) is 0 Å². The van der Waals surface area contributed by atoms with Gasteiger partial charge in [0.1, 0.15) is 6.04 Å². The van der Waals surface area contributed by atoms with Gasteiger partial charge in [-0.2, -0.15) is 0 Å². The highest BCUT2D eigenvalue weighted by molar-refractivity contribution is 5.88. The summed E-state index contributed by atoms with van der Waals surface area (Å²) in [5.41, 5.74) is 0. The molecule has 1 rings (SSSR count). The maximum atomic E-state index is 12.6. The number of likely N-dealkylation sites (tertiary alicyclic amines) is 1. The van der Waals surface area contributed by atoms with E-state index in [0.717, 1.165) is 32.2 Å². The van der Waals surface area contributed by atoms with Gasteiger partial charge in [0.25, 0.3) is 0 Å². The first-order chi connectivity index (χ1) is 11.0. The number of unbranched alkanes of at least 4 members (excludes halogenated alkanes) is 1. The Labute approximate surface area is 142 Å². The van der Waals surface area contributed by atoms with Crippen molar-refractivity contribution in [3.8, 4) is 0 Å². The van der Waals surface area contributed by atoms with Crippen LogP contribution in [-0.2, 0) is 9.59 Å². The van der Waals surface area contributed by atoms with Crippen molar-refractivity contribution in [2.45, 2.75) is 85.1 Å². The average molecular weight is 325 g/mol. The molecule has 2 amide bonds. The molecule has 4 nitrogen and oxygen atoms in total. The van der Waals surface area contributed by atoms with Gasteiger partial charge in [0, 0.05) is 19.5 Å². The summed E-state index contributed by atoms with van der Waals surface area (Å²) in [5, 5.41) is 2.94. The van der Waals surface area contributed by atoms with Crippen molar-refractivity contribution in [1.82, 2.24) is 10.2 Å². The summed E-state index contributed by atoms with van der Waals surface area (Å²) in [4.78, 5) is 26.6. The molecule has 0 aliphatic carbocycles. The molecule has 4 heteroatoms. The molecule has 0 aromatic carbocycles. The lowest BCUT2D eigenvalue weighted by Gasteiger charge is -2.26. The van der Waals surface area contributed by atoms with Crippen LogP contribution in [0.3, 0.4) is 0 Å². The molecule has 0 spiro atoms. The number of hydrogen-bond acceptors (Lipinski definition) is 2. The molecule has 0 aromatic heterocycles. The molecule has 3 unspecified atom stereocenters. The molecule has 0 radical (unpaired) electrons. The van der Waals surface area contributed by atoms with Crippen LogP contribution in [-0.4, -0.2) is 35.8 Å². The number of hydrogen-bond donors (Lipinski definition) is 1. The fourth-order valence-corrected chi connectivity index (χ4v) is 3.56. The molecule has 23 heavy (non-hydrogen) atoms. The third-order valence-corrected chi connectivity index (χ3v) is 4.80. The van der Waals surface area contributed by atoms with Crippen LogP contribution in [0.4, 0.5) is 0 Å². The van der Waals surface area contributed by atoms with Gasteiger partial charge in [0.2, 0.25) is 11.8 Å². The first-order valence-electron chi connectivity index (χ1n) is 9.56. The monoisotopic (exact) mass is 324 g/mol. The van der Waals surface area contributed by atoms with Crippen LogP contribution >= 0.6 is 0 Å². The standard InChI is InChI=1S/C19H36N2O2/c1-5-7-9-15(3)13-16(4)14-18(22)21-12-8-10-17(21)19(23)20-11-6-2/h15-17H,5-14H2,1-4H3,(H,20,23). The van der Waals surface area contributed by atoms with Crippen molar-refractivity contribution < 1.29 is 9.59 Å². The van der Waals surface area contributed by atoms with E-state index in [1.165, 1.54) is 19.3 Å². The van der Waals surface area contributed by atoms with Gasteiger partial charge in [-0.3, -0.25) is 9.59 Å². The zero-order chi connectivity index (χ0) is 17.2. The Morgan fingerprint density at radius 2 is 1.91 bits per heavy atom. The number of carbonyl (C=O) groups excluding carboxylic acids is 2. The molecule has 1 fully saturated rings. The molecule has 0 aromatic rings. The zero-order valence-corrected chi connectivity index (χ0v) is 15.6. The van der Waals surface area contributed by atoms with Crippen molar-refractivity contribution in [1.29, 1.82) is 0 Å². The van der Waals surface area contributed by atoms with Crippen molar-refractivity contribution in [2.24, 2.45) is 11.8 Å². The molecule has 1 aliphatic heterocycles. The quantitative estimate of drug-likeness (QED) is 0.665. The summed E-state index contributed by atoms with van der Waals surface area (Å²) in [6.45, 7) is 10.1. The summed E-state index contributed by atoms with van der Waals surface area (Å²) >= 11 is 0. The highest BCUT2D eigenvalue weighted by Crippen LogP contribution is 2.24. The van der Waals surface area contributed by atoms with E-state index in [4.69, 9.17) is 0 Å². The lowest BCUT2D eigenvalue weighted by atomic mass is 9.91. The average Bonchev–Trinajstić information content (AvgIpc) is 3.00. The third kappa shape index (κ3) is 6.92. The Morgan fingerprint density at radius 1 is 1.17 bits per heavy atom. The van der Waals surface area contributed by atoms with E-state index in [0.29, 0.717) is 24.8 Å². The van der Waals surface area contributed by atoms with E-state index in [1.54, 1.807) is 0 Å². The van der Waals surface area contributed by atoms with Gasteiger partial charge < -0.3 is 10.2 Å². The lowest BCUT2D eigenvalue weighted by Crippen LogP contribution is -2.46. The molecular weight excluding hydrogens is 288 g/mol. The highest BCUT2D eigenvalue weighted by Gasteiger charge is 2.34. The number of carbonyl (C=O) groups is 2. The fraction of sp³-hybridized carbons (Fsp3) is 0.895. The smallest absolute Gasteiger partial charge is 0.242 e. The first-order valence-corrected chi connectivity index (χ1v) is 9.56. The van der Waals surface area contributed by atoms with E-state index < -0.39 is 0 Å². The zero-order valence-electron chi connectivity index (χ0n) is 15.6. The second-order valence-corrected chi connectivity index (χ2v) is 7.33. The number of amides is 2. The molecule has 3 atom stereocenters. The minimum Gasteiger partial charge on any atom is -0.354 e. The Hall–Kier alpha value is -1.06. The summed E-state index contributed by atoms with van der Waals surface area (Å²) in [7, 11) is 0. The summed E-state index contributed by atoms with van der Waals surface area (Å²) in [6.07, 6.45) is 8.12. The van der Waals surface area contributed by atoms with Crippen LogP contribution in [0.15, 0.2) is 0 Å². The molecule has 134 valence electrons. The summed E-state index contributed by atoms with van der Waals surface area (Å²) in [5.74, 6) is 1.27. The topological polar surface area (TPSA) is 49.4 Å². The second kappa shape index (κ2) is 10.7. The Kier molecular flexibility index (Phi) is 9.27. The summed E-state index contributed by atoms with van der Waals surface area (Å²) in [6, 6.07) is -0.237. The van der Waals surface area contributed by atoms with Crippen LogP contribution in [0, 0.1) is 11.8 Å². The van der Waals surface area contributed by atoms with Crippen molar-refractivity contribution in [3.05, 3.63) is 0 Å². The van der Waals surface area contributed by atoms with Gasteiger partial charge in [-0.15, -0.1) is 0 Å². The normalized spacial score (nSPS) is 20.3. The maximum Gasteiger partial charge on any atom is 0.242 e. The van der Waals surface area contributed by atoms with Crippen LogP contribution in [0.5, 0.6) is 0 Å². The van der Waals surface area contributed by atoms with Crippen LogP contribution in [0.1, 0.15) is 79.1 Å². The van der Waals surface area contributed by atoms with Crippen molar-refractivity contribution in [3.63, 3.8) is 0 Å². The predicted octanol–water partition coefficient (Wildman–Crippen LogP) is 3.75. The van der Waals surface area contributed by atoms with Crippen LogP contribution in [0.25, 0.3) is 0 Å². The fourth-order valence-electron chi connectivity index (χ4n) is 3.56. The van der Waals surface area contributed by atoms with E-state index in [9.17, 15) is 9.59 Å². The number of rotatable bonds is 10. The predicted molar refractivity (Wildman–Crippen MR) is 95.1 cm³/mol. The van der Waals surface area contributed by atoms with E-state index >= 15 is 0 Å². The van der Waals surface area contributed by atoms with Gasteiger partial charge in [0.15, 0.2) is 0 Å². The first kappa shape index (κ1) is 20.0. The van der Waals surface area contributed by atoms with Gasteiger partial charge >= 0.3 is 0 Å². The Bertz CT molecular complexity index is 370. The van der Waals surface area contributed by atoms with Crippen molar-refractivity contribution in [2.75, 3.05) is 13.1 Å². The molecule has 1 aliphatic rings. The maximum absolute atomic E-state index is 12.6. The molecular formula is C19H36N2O2. The SMILES string of the molecule is CCCCC(C)CC(C)CC(=O)N1CCCC1C(=O)NCCC. The molecule has 0 bridgehead atoms. The molecule has 0 saturated carbocycles. The minimum atomic E-state index is -0.237.